The van der Waals surface area contributed by atoms with E-state index in [1.165, 1.54) is 0 Å². The van der Waals surface area contributed by atoms with Crippen molar-refractivity contribution in [1.29, 1.82) is 0 Å². The Morgan fingerprint density at radius 3 is 2.76 bits per heavy atom. The number of carbonyl (C=O) groups is 1. The molecule has 0 bridgehead atoms. The molecule has 0 aliphatic heterocycles. The summed E-state index contributed by atoms with van der Waals surface area (Å²) in [6.07, 6.45) is 2.29. The van der Waals surface area contributed by atoms with Crippen molar-refractivity contribution >= 4 is 44.9 Å². The number of amides is 1. The summed E-state index contributed by atoms with van der Waals surface area (Å²) in [5, 5.41) is 27.1. The lowest BCUT2D eigenvalue weighted by Crippen LogP contribution is -2.18. The molecule has 1 aliphatic rings. The first-order valence-corrected chi connectivity index (χ1v) is 11.8. The molecule has 9 nitrogen and oxygen atoms in total. The van der Waals surface area contributed by atoms with Crippen LogP contribution >= 0.6 is 11.3 Å². The number of anilines is 3. The van der Waals surface area contributed by atoms with Crippen molar-refractivity contribution in [2.75, 3.05) is 17.2 Å². The lowest BCUT2D eigenvalue weighted by Gasteiger charge is -2.16. The van der Waals surface area contributed by atoms with Crippen molar-refractivity contribution in [3.63, 3.8) is 0 Å². The zero-order valence-corrected chi connectivity index (χ0v) is 19.0. The first-order chi connectivity index (χ1) is 16.5. The number of nitrogens with zero attached hydrogens (tertiary/aromatic N) is 3. The number of nitrogens with two attached hydrogens (primary N) is 1. The Balaban J connectivity index is 1.49. The molecule has 3 unspecified atom stereocenters. The highest BCUT2D eigenvalue weighted by Crippen LogP contribution is 2.36. The van der Waals surface area contributed by atoms with Gasteiger partial charge in [0.15, 0.2) is 0 Å². The van der Waals surface area contributed by atoms with Crippen molar-refractivity contribution in [1.82, 2.24) is 15.0 Å². The maximum Gasteiger partial charge on any atom is 0.248 e. The van der Waals surface area contributed by atoms with Crippen LogP contribution in [-0.2, 0) is 0 Å². The maximum atomic E-state index is 11.5. The highest BCUT2D eigenvalue weighted by molar-refractivity contribution is 7.21. The number of benzene rings is 2. The summed E-state index contributed by atoms with van der Waals surface area (Å²) >= 11 is 1.55. The minimum atomic E-state index is -0.565. The Morgan fingerprint density at radius 1 is 1.15 bits per heavy atom. The standard InChI is InChI=1S/C24H24N6O3S/c25-21(33)13-4-3-5-15(8-13)28-24-26-11-17(23-29-18-6-1-2-7-20(18)34-23)22(30-24)27-16-9-14(12-31)19(32)10-16/h1-8,11,14,16,19,31-32H,9-10,12H2,(H2,25,33)(H2,26,27,28,30). The van der Waals surface area contributed by atoms with E-state index >= 15 is 0 Å². The molecule has 0 radical (unpaired) electrons. The van der Waals surface area contributed by atoms with Crippen molar-refractivity contribution in [2.24, 2.45) is 11.7 Å². The lowest BCUT2D eigenvalue weighted by atomic mass is 10.1. The summed E-state index contributed by atoms with van der Waals surface area (Å²) < 4.78 is 1.06. The van der Waals surface area contributed by atoms with E-state index in [1.54, 1.807) is 41.8 Å². The molecular weight excluding hydrogens is 452 g/mol. The smallest absolute Gasteiger partial charge is 0.248 e. The van der Waals surface area contributed by atoms with Crippen LogP contribution in [0.15, 0.2) is 54.7 Å². The van der Waals surface area contributed by atoms with Gasteiger partial charge in [-0.15, -0.1) is 11.3 Å². The molecule has 5 rings (SSSR count). The molecule has 34 heavy (non-hydrogen) atoms. The normalized spacial score (nSPS) is 19.9. The van der Waals surface area contributed by atoms with E-state index in [0.717, 1.165) is 20.8 Å². The largest absolute Gasteiger partial charge is 0.396 e. The Hall–Kier alpha value is -3.60. The van der Waals surface area contributed by atoms with Crippen LogP contribution in [0.4, 0.5) is 17.5 Å². The lowest BCUT2D eigenvalue weighted by molar-refractivity contribution is 0.0908. The highest BCUT2D eigenvalue weighted by atomic mass is 32.1. The molecule has 4 aromatic rings. The van der Waals surface area contributed by atoms with Crippen molar-refractivity contribution < 1.29 is 15.0 Å². The molecule has 0 spiro atoms. The molecule has 3 atom stereocenters. The molecule has 6 N–H and O–H groups in total. The summed E-state index contributed by atoms with van der Waals surface area (Å²) in [5.41, 5.74) is 8.05. The molecule has 1 aliphatic carbocycles. The number of thiazole rings is 1. The van der Waals surface area contributed by atoms with Gasteiger partial charge in [0.1, 0.15) is 10.8 Å². The summed E-state index contributed by atoms with van der Waals surface area (Å²) in [6.45, 7) is -0.0587. The van der Waals surface area contributed by atoms with Crippen LogP contribution in [0.25, 0.3) is 20.8 Å². The minimum Gasteiger partial charge on any atom is -0.396 e. The van der Waals surface area contributed by atoms with Crippen LogP contribution < -0.4 is 16.4 Å². The van der Waals surface area contributed by atoms with E-state index in [1.807, 2.05) is 24.3 Å². The SMILES string of the molecule is NC(=O)c1cccc(Nc2ncc(-c3nc4ccccc4s3)c(NC3CC(O)C(CO)C3)n2)c1. The van der Waals surface area contributed by atoms with E-state index < -0.39 is 12.0 Å². The van der Waals surface area contributed by atoms with Crippen molar-refractivity contribution in [3.8, 4) is 10.6 Å². The topological polar surface area (TPSA) is 146 Å². The summed E-state index contributed by atoms with van der Waals surface area (Å²) in [5.74, 6) is 0.236. The Labute approximate surface area is 199 Å². The van der Waals surface area contributed by atoms with E-state index in [0.29, 0.717) is 35.9 Å². The predicted molar refractivity (Wildman–Crippen MR) is 132 cm³/mol. The Kier molecular flexibility index (Phi) is 6.10. The van der Waals surface area contributed by atoms with Gasteiger partial charge in [-0.3, -0.25) is 4.79 Å². The second kappa shape index (κ2) is 9.34. The number of hydrogen-bond donors (Lipinski definition) is 5. The average molecular weight is 477 g/mol. The number of nitrogens with one attached hydrogen (secondary N) is 2. The summed E-state index contributed by atoms with van der Waals surface area (Å²) in [7, 11) is 0. The molecule has 1 amide bonds. The number of rotatable bonds is 7. The van der Waals surface area contributed by atoms with Gasteiger partial charge in [-0.1, -0.05) is 18.2 Å². The zero-order chi connectivity index (χ0) is 23.7. The number of aliphatic hydroxyl groups excluding tert-OH is 2. The van der Waals surface area contributed by atoms with Gasteiger partial charge in [-0.05, 0) is 43.2 Å². The van der Waals surface area contributed by atoms with Gasteiger partial charge in [-0.25, -0.2) is 9.97 Å². The molecule has 1 saturated carbocycles. The van der Waals surface area contributed by atoms with E-state index in [9.17, 15) is 15.0 Å². The highest BCUT2D eigenvalue weighted by Gasteiger charge is 2.33. The molecule has 174 valence electrons. The fraction of sp³-hybridized carbons (Fsp3) is 0.250. The second-order valence-electron chi connectivity index (χ2n) is 8.34. The van der Waals surface area contributed by atoms with Crippen molar-refractivity contribution in [2.45, 2.75) is 25.0 Å². The van der Waals surface area contributed by atoms with E-state index in [2.05, 4.69) is 15.6 Å². The molecule has 2 aromatic heterocycles. The molecule has 2 aromatic carbocycles. The van der Waals surface area contributed by atoms with Crippen LogP contribution in [0.3, 0.4) is 0 Å². The third kappa shape index (κ3) is 4.56. The van der Waals surface area contributed by atoms with Crippen LogP contribution in [0.5, 0.6) is 0 Å². The predicted octanol–water partition coefficient (Wildman–Crippen LogP) is 3.14. The summed E-state index contributed by atoms with van der Waals surface area (Å²) in [4.78, 5) is 25.4. The van der Waals surface area contributed by atoms with Crippen molar-refractivity contribution in [3.05, 3.63) is 60.3 Å². The number of primary amides is 1. The number of aliphatic hydroxyl groups is 2. The van der Waals surface area contributed by atoms with Gasteiger partial charge in [0.05, 0.1) is 21.9 Å². The quantitative estimate of drug-likeness (QED) is 0.273. The van der Waals surface area contributed by atoms with Gasteiger partial charge >= 0.3 is 0 Å². The van der Waals surface area contributed by atoms with Gasteiger partial charge in [-0.2, -0.15) is 4.98 Å². The van der Waals surface area contributed by atoms with Crippen LogP contribution in [0.2, 0.25) is 0 Å². The third-order valence-electron chi connectivity index (χ3n) is 5.95. The fourth-order valence-electron chi connectivity index (χ4n) is 4.19. The van der Waals surface area contributed by atoms with Gasteiger partial charge in [0, 0.05) is 36.0 Å². The van der Waals surface area contributed by atoms with Crippen LogP contribution in [0, 0.1) is 5.92 Å². The first-order valence-electron chi connectivity index (χ1n) is 11.0. The molecular formula is C24H24N6O3S. The number of fused-ring (bicyclic) bond motifs is 1. The number of hydrogen-bond acceptors (Lipinski definition) is 9. The number of para-hydroxylation sites is 1. The molecule has 1 fully saturated rings. The Morgan fingerprint density at radius 2 is 2.00 bits per heavy atom. The maximum absolute atomic E-state index is 11.5. The van der Waals surface area contributed by atoms with Crippen LogP contribution in [0.1, 0.15) is 23.2 Å². The van der Waals surface area contributed by atoms with Crippen LogP contribution in [-0.4, -0.2) is 49.8 Å². The molecule has 0 saturated heterocycles. The van der Waals surface area contributed by atoms with E-state index in [-0.39, 0.29) is 18.6 Å². The van der Waals surface area contributed by atoms with Gasteiger partial charge in [0.25, 0.3) is 0 Å². The summed E-state index contributed by atoms with van der Waals surface area (Å²) in [6, 6.07) is 14.7. The third-order valence-corrected chi connectivity index (χ3v) is 7.02. The van der Waals surface area contributed by atoms with Gasteiger partial charge in [0.2, 0.25) is 11.9 Å². The van der Waals surface area contributed by atoms with Gasteiger partial charge < -0.3 is 26.6 Å². The minimum absolute atomic E-state index is 0.0544. The zero-order valence-electron chi connectivity index (χ0n) is 18.2. The second-order valence-corrected chi connectivity index (χ2v) is 9.37. The number of carbonyl (C=O) groups excluding carboxylic acids is 1. The fourth-order valence-corrected chi connectivity index (χ4v) is 5.16. The van der Waals surface area contributed by atoms with E-state index in [4.69, 9.17) is 15.7 Å². The number of aromatic nitrogens is 3. The average Bonchev–Trinajstić information content (AvgIpc) is 3.42. The molecule has 2 heterocycles. The first kappa shape index (κ1) is 22.2. The Bertz CT molecular complexity index is 1310. The monoisotopic (exact) mass is 476 g/mol. The molecule has 10 heteroatoms.